The summed E-state index contributed by atoms with van der Waals surface area (Å²) in [5, 5.41) is 9.46. The van der Waals surface area contributed by atoms with Gasteiger partial charge in [0.15, 0.2) is 0 Å². The Labute approximate surface area is 137 Å². The van der Waals surface area contributed by atoms with Crippen molar-refractivity contribution < 1.29 is 4.79 Å². The maximum Gasteiger partial charge on any atom is 0.220 e. The Morgan fingerprint density at radius 2 is 2.15 bits per heavy atom. The molecule has 0 radical (unpaired) electrons. The Morgan fingerprint density at radius 1 is 1.45 bits per heavy atom. The topological polar surface area (TPSA) is 54.0 Å². The van der Waals surface area contributed by atoms with Crippen molar-refractivity contribution in [3.63, 3.8) is 0 Å². The van der Waals surface area contributed by atoms with Gasteiger partial charge in [-0.1, -0.05) is 0 Å². The van der Waals surface area contributed by atoms with E-state index in [0.29, 0.717) is 18.9 Å². The number of aromatic nitrogens is 1. The highest BCUT2D eigenvalue weighted by atomic mass is 35.5. The summed E-state index contributed by atoms with van der Waals surface area (Å²) in [5.74, 6) is 0.751. The second-order valence-electron chi connectivity index (χ2n) is 4.86. The summed E-state index contributed by atoms with van der Waals surface area (Å²) in [6.07, 6.45) is 3.76. The summed E-state index contributed by atoms with van der Waals surface area (Å²) >= 11 is 1.66. The molecule has 0 saturated carbocycles. The highest BCUT2D eigenvalue weighted by molar-refractivity contribution is 7.09. The van der Waals surface area contributed by atoms with Crippen LogP contribution in [0, 0.1) is 12.8 Å². The molecule has 1 saturated heterocycles. The third-order valence-electron chi connectivity index (χ3n) is 3.30. The fraction of sp³-hybridized carbons (Fsp3) is 0.692. The van der Waals surface area contributed by atoms with Gasteiger partial charge in [0.05, 0.1) is 10.7 Å². The Balaban J connectivity index is 0.00000180. The molecule has 1 aliphatic heterocycles. The number of halogens is 2. The van der Waals surface area contributed by atoms with Gasteiger partial charge in [-0.25, -0.2) is 4.98 Å². The van der Waals surface area contributed by atoms with E-state index in [1.165, 1.54) is 0 Å². The van der Waals surface area contributed by atoms with Gasteiger partial charge >= 0.3 is 0 Å². The maximum absolute atomic E-state index is 11.8. The molecule has 0 aliphatic carbocycles. The number of nitrogens with one attached hydrogen (secondary N) is 2. The molecular weight excluding hydrogens is 317 g/mol. The number of amides is 1. The summed E-state index contributed by atoms with van der Waals surface area (Å²) in [7, 11) is 0. The summed E-state index contributed by atoms with van der Waals surface area (Å²) in [6, 6.07) is 0. The van der Waals surface area contributed by atoms with Crippen LogP contribution in [0.3, 0.4) is 0 Å². The van der Waals surface area contributed by atoms with E-state index in [9.17, 15) is 4.79 Å². The minimum Gasteiger partial charge on any atom is -0.356 e. The van der Waals surface area contributed by atoms with E-state index in [0.717, 1.165) is 43.1 Å². The lowest BCUT2D eigenvalue weighted by molar-refractivity contribution is -0.122. The molecule has 116 valence electrons. The van der Waals surface area contributed by atoms with E-state index in [1.54, 1.807) is 11.3 Å². The second kappa shape index (κ2) is 10.4. The van der Waals surface area contributed by atoms with Crippen LogP contribution in [0.5, 0.6) is 0 Å². The SMILES string of the molecule is Cc1nc(CCNC(=O)CC2CCNCC2)cs1.Cl.Cl. The standard InChI is InChI=1S/C13H21N3OS.2ClH/c1-10-16-12(9-18-10)4-7-15-13(17)8-11-2-5-14-6-3-11;;/h9,11,14H,2-8H2,1H3,(H,15,17);2*1H. The molecule has 2 rings (SSSR count). The van der Waals surface area contributed by atoms with Crippen LogP contribution in [-0.4, -0.2) is 30.5 Å². The molecule has 20 heavy (non-hydrogen) atoms. The number of hydrogen-bond acceptors (Lipinski definition) is 4. The van der Waals surface area contributed by atoms with Gasteiger partial charge < -0.3 is 10.6 Å². The minimum atomic E-state index is 0. The number of carbonyl (C=O) groups excluding carboxylic acids is 1. The average molecular weight is 340 g/mol. The van der Waals surface area contributed by atoms with Crippen LogP contribution >= 0.6 is 36.2 Å². The van der Waals surface area contributed by atoms with Crippen molar-refractivity contribution in [1.29, 1.82) is 0 Å². The fourth-order valence-corrected chi connectivity index (χ4v) is 2.92. The van der Waals surface area contributed by atoms with Crippen molar-refractivity contribution in [2.75, 3.05) is 19.6 Å². The van der Waals surface area contributed by atoms with Crippen molar-refractivity contribution in [3.05, 3.63) is 16.1 Å². The third kappa shape index (κ3) is 6.88. The van der Waals surface area contributed by atoms with E-state index in [1.807, 2.05) is 6.92 Å². The smallest absolute Gasteiger partial charge is 0.220 e. The zero-order valence-electron chi connectivity index (χ0n) is 11.7. The van der Waals surface area contributed by atoms with Crippen molar-refractivity contribution in [1.82, 2.24) is 15.6 Å². The van der Waals surface area contributed by atoms with Gasteiger partial charge in [0.2, 0.25) is 5.91 Å². The number of hydrogen-bond donors (Lipinski definition) is 2. The van der Waals surface area contributed by atoms with E-state index in [2.05, 4.69) is 21.0 Å². The van der Waals surface area contributed by atoms with Gasteiger partial charge in [-0.05, 0) is 38.8 Å². The first-order chi connectivity index (χ1) is 8.74. The lowest BCUT2D eigenvalue weighted by atomic mass is 9.94. The largest absolute Gasteiger partial charge is 0.356 e. The first kappa shape index (κ1) is 19.6. The van der Waals surface area contributed by atoms with E-state index < -0.39 is 0 Å². The molecule has 0 unspecified atom stereocenters. The number of thiazole rings is 1. The van der Waals surface area contributed by atoms with E-state index in [-0.39, 0.29) is 30.7 Å². The zero-order valence-corrected chi connectivity index (χ0v) is 14.1. The molecule has 0 atom stereocenters. The molecule has 0 bridgehead atoms. The first-order valence-electron chi connectivity index (χ1n) is 6.62. The van der Waals surface area contributed by atoms with Gasteiger partial charge in [0, 0.05) is 24.8 Å². The van der Waals surface area contributed by atoms with Gasteiger partial charge in [-0.15, -0.1) is 36.2 Å². The molecule has 1 fully saturated rings. The van der Waals surface area contributed by atoms with Crippen LogP contribution in [0.2, 0.25) is 0 Å². The van der Waals surface area contributed by atoms with E-state index >= 15 is 0 Å². The summed E-state index contributed by atoms with van der Waals surface area (Å²) < 4.78 is 0. The monoisotopic (exact) mass is 339 g/mol. The van der Waals surface area contributed by atoms with Crippen molar-refractivity contribution >= 4 is 42.1 Å². The van der Waals surface area contributed by atoms with Gasteiger partial charge in [-0.2, -0.15) is 0 Å². The molecule has 4 nitrogen and oxygen atoms in total. The van der Waals surface area contributed by atoms with Crippen molar-refractivity contribution in [3.8, 4) is 0 Å². The molecule has 7 heteroatoms. The highest BCUT2D eigenvalue weighted by Gasteiger charge is 2.16. The van der Waals surface area contributed by atoms with Crippen LogP contribution in [0.25, 0.3) is 0 Å². The molecule has 1 amide bonds. The molecule has 2 heterocycles. The lowest BCUT2D eigenvalue weighted by Crippen LogP contribution is -2.33. The quantitative estimate of drug-likeness (QED) is 0.865. The maximum atomic E-state index is 11.8. The van der Waals surface area contributed by atoms with E-state index in [4.69, 9.17) is 0 Å². The molecule has 2 N–H and O–H groups in total. The molecule has 0 spiro atoms. The second-order valence-corrected chi connectivity index (χ2v) is 5.92. The van der Waals surface area contributed by atoms with Crippen molar-refractivity contribution in [2.45, 2.75) is 32.6 Å². The number of rotatable bonds is 5. The molecule has 0 aromatic carbocycles. The van der Waals surface area contributed by atoms with Crippen LogP contribution in [0.1, 0.15) is 30.0 Å². The van der Waals surface area contributed by atoms with Crippen LogP contribution in [0.4, 0.5) is 0 Å². The lowest BCUT2D eigenvalue weighted by Gasteiger charge is -2.21. The number of piperidine rings is 1. The zero-order chi connectivity index (χ0) is 12.8. The average Bonchev–Trinajstić information content (AvgIpc) is 2.76. The van der Waals surface area contributed by atoms with Crippen LogP contribution < -0.4 is 10.6 Å². The Morgan fingerprint density at radius 3 is 2.75 bits per heavy atom. The highest BCUT2D eigenvalue weighted by Crippen LogP contribution is 2.15. The minimum absolute atomic E-state index is 0. The number of nitrogens with zero attached hydrogens (tertiary/aromatic N) is 1. The predicted octanol–water partition coefficient (Wildman–Crippen LogP) is 2.34. The number of aryl methyl sites for hydroxylation is 1. The summed E-state index contributed by atoms with van der Waals surface area (Å²) in [5.41, 5.74) is 1.08. The molecule has 1 aromatic heterocycles. The Kier molecular flexibility index (Phi) is 10.2. The van der Waals surface area contributed by atoms with Crippen molar-refractivity contribution in [2.24, 2.45) is 5.92 Å². The third-order valence-corrected chi connectivity index (χ3v) is 4.13. The van der Waals surface area contributed by atoms with Crippen LogP contribution in [-0.2, 0) is 11.2 Å². The Hall–Kier alpha value is -0.360. The molecule has 1 aliphatic rings. The fourth-order valence-electron chi connectivity index (χ4n) is 2.27. The number of carbonyl (C=O) groups is 1. The summed E-state index contributed by atoms with van der Waals surface area (Å²) in [6.45, 7) is 4.81. The van der Waals surface area contributed by atoms with Crippen LogP contribution in [0.15, 0.2) is 5.38 Å². The normalized spacial score (nSPS) is 15.1. The molecule has 1 aromatic rings. The van der Waals surface area contributed by atoms with Gasteiger partial charge in [0.25, 0.3) is 0 Å². The Bertz CT molecular complexity index is 395. The summed E-state index contributed by atoms with van der Waals surface area (Å²) in [4.78, 5) is 16.1. The van der Waals surface area contributed by atoms with Gasteiger partial charge in [-0.3, -0.25) is 4.79 Å². The first-order valence-corrected chi connectivity index (χ1v) is 7.50. The molecular formula is C13H23Cl2N3OS. The van der Waals surface area contributed by atoms with Gasteiger partial charge in [0.1, 0.15) is 0 Å². The predicted molar refractivity (Wildman–Crippen MR) is 88.3 cm³/mol.